The summed E-state index contributed by atoms with van der Waals surface area (Å²) in [4.78, 5) is 14.1. The molecule has 1 aliphatic heterocycles. The van der Waals surface area contributed by atoms with Crippen molar-refractivity contribution in [2.75, 3.05) is 22.4 Å². The molecule has 1 amide bonds. The van der Waals surface area contributed by atoms with Crippen LogP contribution < -0.4 is 9.62 Å². The van der Waals surface area contributed by atoms with Crippen molar-refractivity contribution in [3.05, 3.63) is 47.9 Å². The van der Waals surface area contributed by atoms with E-state index in [9.17, 15) is 13.2 Å². The number of hydrogen-bond acceptors (Lipinski definition) is 4. The molecule has 0 aliphatic carbocycles. The number of rotatable bonds is 3. The third-order valence-corrected chi connectivity index (χ3v) is 4.08. The SMILES string of the molecule is CS(=O)(=O)Nc1ccc2c(c1)CCCN2C(=O)c1ccco1. The lowest BCUT2D eigenvalue weighted by Crippen LogP contribution is -2.35. The van der Waals surface area contributed by atoms with Crippen molar-refractivity contribution in [1.29, 1.82) is 0 Å². The van der Waals surface area contributed by atoms with E-state index in [1.807, 2.05) is 0 Å². The molecule has 3 rings (SSSR count). The molecule has 1 aromatic heterocycles. The molecule has 0 fully saturated rings. The first kappa shape index (κ1) is 14.6. The van der Waals surface area contributed by atoms with Crippen molar-refractivity contribution in [2.45, 2.75) is 12.8 Å². The molecule has 7 heteroatoms. The van der Waals surface area contributed by atoms with E-state index in [4.69, 9.17) is 4.42 Å². The van der Waals surface area contributed by atoms with Crippen molar-refractivity contribution in [3.8, 4) is 0 Å². The van der Waals surface area contributed by atoms with E-state index in [2.05, 4.69) is 4.72 Å². The highest BCUT2D eigenvalue weighted by atomic mass is 32.2. The minimum Gasteiger partial charge on any atom is -0.459 e. The summed E-state index contributed by atoms with van der Waals surface area (Å²) in [5.41, 5.74) is 2.25. The summed E-state index contributed by atoms with van der Waals surface area (Å²) < 4.78 is 30.2. The molecule has 1 aliphatic rings. The van der Waals surface area contributed by atoms with Gasteiger partial charge in [-0.3, -0.25) is 9.52 Å². The van der Waals surface area contributed by atoms with Crippen LogP contribution >= 0.6 is 0 Å². The molecule has 2 heterocycles. The summed E-state index contributed by atoms with van der Waals surface area (Å²) in [6, 6.07) is 8.52. The number of anilines is 2. The van der Waals surface area contributed by atoms with Gasteiger partial charge in [-0.15, -0.1) is 0 Å². The number of carbonyl (C=O) groups excluding carboxylic acids is 1. The highest BCUT2D eigenvalue weighted by Crippen LogP contribution is 2.31. The predicted octanol–water partition coefficient (Wildman–Crippen LogP) is 2.24. The molecule has 2 aromatic rings. The van der Waals surface area contributed by atoms with Gasteiger partial charge in [-0.1, -0.05) is 0 Å². The Hall–Kier alpha value is -2.28. The number of amides is 1. The van der Waals surface area contributed by atoms with Gasteiger partial charge in [0.15, 0.2) is 5.76 Å². The van der Waals surface area contributed by atoms with Crippen molar-refractivity contribution in [2.24, 2.45) is 0 Å². The number of nitrogens with zero attached hydrogens (tertiary/aromatic N) is 1. The Morgan fingerprint density at radius 3 is 2.82 bits per heavy atom. The van der Waals surface area contributed by atoms with Crippen LogP contribution in [0, 0.1) is 0 Å². The number of furan rings is 1. The molecular formula is C15H16N2O4S. The van der Waals surface area contributed by atoms with Gasteiger partial charge in [-0.25, -0.2) is 8.42 Å². The lowest BCUT2D eigenvalue weighted by atomic mass is 10.0. The highest BCUT2D eigenvalue weighted by Gasteiger charge is 2.25. The topological polar surface area (TPSA) is 79.6 Å². The van der Waals surface area contributed by atoms with E-state index in [-0.39, 0.29) is 5.91 Å². The zero-order valence-corrected chi connectivity index (χ0v) is 12.9. The van der Waals surface area contributed by atoms with Crippen LogP contribution in [0.3, 0.4) is 0 Å². The number of carbonyl (C=O) groups is 1. The van der Waals surface area contributed by atoms with Crippen LogP contribution in [0.5, 0.6) is 0 Å². The zero-order valence-electron chi connectivity index (χ0n) is 12.1. The quantitative estimate of drug-likeness (QED) is 0.940. The molecule has 0 saturated heterocycles. The van der Waals surface area contributed by atoms with Gasteiger partial charge in [0.1, 0.15) is 0 Å². The van der Waals surface area contributed by atoms with E-state index < -0.39 is 10.0 Å². The average molecular weight is 320 g/mol. The number of nitrogens with one attached hydrogen (secondary N) is 1. The van der Waals surface area contributed by atoms with Crippen LogP contribution in [0.2, 0.25) is 0 Å². The minimum atomic E-state index is -3.31. The van der Waals surface area contributed by atoms with Crippen LogP contribution in [0.15, 0.2) is 41.0 Å². The van der Waals surface area contributed by atoms with E-state index in [1.165, 1.54) is 6.26 Å². The Morgan fingerprint density at radius 1 is 1.32 bits per heavy atom. The fourth-order valence-corrected chi connectivity index (χ4v) is 3.17. The third-order valence-electron chi connectivity index (χ3n) is 3.48. The molecule has 1 N–H and O–H groups in total. The number of hydrogen-bond donors (Lipinski definition) is 1. The number of fused-ring (bicyclic) bond motifs is 1. The Morgan fingerprint density at radius 2 is 2.14 bits per heavy atom. The second-order valence-electron chi connectivity index (χ2n) is 5.26. The fourth-order valence-electron chi connectivity index (χ4n) is 2.62. The molecule has 0 bridgehead atoms. The molecular weight excluding hydrogens is 304 g/mol. The van der Waals surface area contributed by atoms with Crippen molar-refractivity contribution < 1.29 is 17.6 Å². The second kappa shape index (κ2) is 5.49. The Kier molecular flexibility index (Phi) is 3.66. The maximum Gasteiger partial charge on any atom is 0.293 e. The summed E-state index contributed by atoms with van der Waals surface area (Å²) in [7, 11) is -3.31. The molecule has 1 aromatic carbocycles. The number of aryl methyl sites for hydroxylation is 1. The largest absolute Gasteiger partial charge is 0.459 e. The predicted molar refractivity (Wildman–Crippen MR) is 83.6 cm³/mol. The molecule has 0 saturated carbocycles. The first-order valence-corrected chi connectivity index (χ1v) is 8.79. The second-order valence-corrected chi connectivity index (χ2v) is 7.00. The molecule has 0 radical (unpaired) electrons. The first-order valence-electron chi connectivity index (χ1n) is 6.90. The highest BCUT2D eigenvalue weighted by molar-refractivity contribution is 7.92. The lowest BCUT2D eigenvalue weighted by Gasteiger charge is -2.29. The number of sulfonamides is 1. The monoisotopic (exact) mass is 320 g/mol. The standard InChI is InChI=1S/C15H16N2O4S/c1-22(19,20)16-12-6-7-13-11(10-12)4-2-8-17(13)15(18)14-5-3-9-21-14/h3,5-7,9-10,16H,2,4,8H2,1H3. The summed E-state index contributed by atoms with van der Waals surface area (Å²) in [6.07, 6.45) is 4.20. The molecule has 116 valence electrons. The maximum absolute atomic E-state index is 12.5. The van der Waals surface area contributed by atoms with Gasteiger partial charge in [0.05, 0.1) is 12.5 Å². The summed E-state index contributed by atoms with van der Waals surface area (Å²) >= 11 is 0. The smallest absolute Gasteiger partial charge is 0.293 e. The molecule has 22 heavy (non-hydrogen) atoms. The Balaban J connectivity index is 1.92. The summed E-state index contributed by atoms with van der Waals surface area (Å²) in [5, 5.41) is 0. The van der Waals surface area contributed by atoms with Gasteiger partial charge >= 0.3 is 0 Å². The normalized spacial score (nSPS) is 14.5. The molecule has 0 spiro atoms. The van der Waals surface area contributed by atoms with E-state index in [0.717, 1.165) is 30.3 Å². The fraction of sp³-hybridized carbons (Fsp3) is 0.267. The molecule has 0 unspecified atom stereocenters. The lowest BCUT2D eigenvalue weighted by molar-refractivity contribution is 0.0958. The zero-order chi connectivity index (χ0) is 15.7. The van der Waals surface area contributed by atoms with Crippen molar-refractivity contribution >= 4 is 27.3 Å². The van der Waals surface area contributed by atoms with Crippen LogP contribution in [0.25, 0.3) is 0 Å². The minimum absolute atomic E-state index is 0.185. The number of benzene rings is 1. The molecule has 6 nitrogen and oxygen atoms in total. The van der Waals surface area contributed by atoms with Crippen LogP contribution in [-0.4, -0.2) is 27.1 Å². The van der Waals surface area contributed by atoms with Gasteiger partial charge in [0.2, 0.25) is 10.0 Å². The van der Waals surface area contributed by atoms with Gasteiger partial charge < -0.3 is 9.32 Å². The van der Waals surface area contributed by atoms with E-state index in [0.29, 0.717) is 18.0 Å². The first-order chi connectivity index (χ1) is 10.4. The van der Waals surface area contributed by atoms with E-state index in [1.54, 1.807) is 35.2 Å². The van der Waals surface area contributed by atoms with Crippen molar-refractivity contribution in [3.63, 3.8) is 0 Å². The van der Waals surface area contributed by atoms with Crippen LogP contribution in [0.1, 0.15) is 22.5 Å². The van der Waals surface area contributed by atoms with Crippen LogP contribution in [0.4, 0.5) is 11.4 Å². The third kappa shape index (κ3) is 2.99. The van der Waals surface area contributed by atoms with Crippen molar-refractivity contribution in [1.82, 2.24) is 0 Å². The van der Waals surface area contributed by atoms with E-state index >= 15 is 0 Å². The Bertz CT molecular complexity index is 797. The van der Waals surface area contributed by atoms with Gasteiger partial charge in [-0.2, -0.15) is 0 Å². The summed E-state index contributed by atoms with van der Waals surface area (Å²) in [6.45, 7) is 0.616. The maximum atomic E-state index is 12.5. The van der Waals surface area contributed by atoms with Gasteiger partial charge in [0, 0.05) is 17.9 Å². The van der Waals surface area contributed by atoms with Gasteiger partial charge in [-0.05, 0) is 48.7 Å². The van der Waals surface area contributed by atoms with Gasteiger partial charge in [0.25, 0.3) is 5.91 Å². The average Bonchev–Trinajstić information content (AvgIpc) is 2.98. The Labute approximate surface area is 128 Å². The van der Waals surface area contributed by atoms with Crippen LogP contribution in [-0.2, 0) is 16.4 Å². The molecule has 0 atom stereocenters. The summed E-state index contributed by atoms with van der Waals surface area (Å²) in [5.74, 6) is 0.112.